The summed E-state index contributed by atoms with van der Waals surface area (Å²) in [6.45, 7) is 3.00. The molecule has 2 fully saturated rings. The van der Waals surface area contributed by atoms with Gasteiger partial charge in [0.25, 0.3) is 5.91 Å². The van der Waals surface area contributed by atoms with E-state index in [-0.39, 0.29) is 11.8 Å². The summed E-state index contributed by atoms with van der Waals surface area (Å²) in [7, 11) is 0. The number of thiophene rings is 1. The molecule has 142 valence electrons. The van der Waals surface area contributed by atoms with Gasteiger partial charge in [-0.05, 0) is 17.0 Å². The van der Waals surface area contributed by atoms with Gasteiger partial charge in [-0.15, -0.1) is 11.3 Å². The molecular formula is C20H23N3O3S. The number of nitrogens with one attached hydrogen (secondary N) is 2. The summed E-state index contributed by atoms with van der Waals surface area (Å²) < 4.78 is 5.97. The summed E-state index contributed by atoms with van der Waals surface area (Å²) >= 11 is 1.60. The van der Waals surface area contributed by atoms with Crippen LogP contribution in [0.5, 0.6) is 0 Å². The number of morpholine rings is 1. The normalized spacial score (nSPS) is 25.5. The average molecular weight is 385 g/mol. The third-order valence-corrected chi connectivity index (χ3v) is 6.05. The van der Waals surface area contributed by atoms with Crippen LogP contribution >= 0.6 is 11.3 Å². The van der Waals surface area contributed by atoms with Crippen LogP contribution in [-0.4, -0.2) is 48.6 Å². The monoisotopic (exact) mass is 385 g/mol. The van der Waals surface area contributed by atoms with Crippen LogP contribution in [0.4, 0.5) is 0 Å². The molecule has 0 unspecified atom stereocenters. The molecule has 0 aliphatic carbocycles. The van der Waals surface area contributed by atoms with Crippen molar-refractivity contribution in [3.63, 3.8) is 0 Å². The van der Waals surface area contributed by atoms with E-state index in [9.17, 15) is 9.59 Å². The van der Waals surface area contributed by atoms with Crippen molar-refractivity contribution in [3.05, 3.63) is 58.3 Å². The molecule has 0 radical (unpaired) electrons. The van der Waals surface area contributed by atoms with Crippen LogP contribution < -0.4 is 10.6 Å². The molecule has 6 nitrogen and oxygen atoms in total. The van der Waals surface area contributed by atoms with Crippen molar-refractivity contribution in [2.45, 2.75) is 18.7 Å². The molecule has 27 heavy (non-hydrogen) atoms. The summed E-state index contributed by atoms with van der Waals surface area (Å²) in [5.41, 5.74) is 0.0514. The zero-order valence-electron chi connectivity index (χ0n) is 15.0. The lowest BCUT2D eigenvalue weighted by atomic mass is 9.88. The number of hydrogen-bond acceptors (Lipinski definition) is 5. The number of likely N-dealkylation sites (tertiary alicyclic amines) is 1. The Morgan fingerprint density at radius 1 is 1.30 bits per heavy atom. The minimum absolute atomic E-state index is 0.129. The van der Waals surface area contributed by atoms with Crippen LogP contribution in [0.1, 0.15) is 10.4 Å². The van der Waals surface area contributed by atoms with E-state index < -0.39 is 11.5 Å². The van der Waals surface area contributed by atoms with Gasteiger partial charge in [0.05, 0.1) is 19.1 Å². The van der Waals surface area contributed by atoms with Gasteiger partial charge in [-0.1, -0.05) is 36.4 Å². The van der Waals surface area contributed by atoms with Crippen molar-refractivity contribution < 1.29 is 14.3 Å². The zero-order chi connectivity index (χ0) is 18.7. The lowest BCUT2D eigenvalue weighted by Crippen LogP contribution is -2.61. The van der Waals surface area contributed by atoms with E-state index >= 15 is 0 Å². The topological polar surface area (TPSA) is 70.7 Å². The summed E-state index contributed by atoms with van der Waals surface area (Å²) in [4.78, 5) is 28.9. The summed E-state index contributed by atoms with van der Waals surface area (Å²) in [6, 6.07) is 14.0. The van der Waals surface area contributed by atoms with E-state index in [1.807, 2.05) is 35.7 Å². The zero-order valence-corrected chi connectivity index (χ0v) is 15.8. The van der Waals surface area contributed by atoms with Crippen molar-refractivity contribution in [1.82, 2.24) is 15.5 Å². The Morgan fingerprint density at radius 2 is 2.15 bits per heavy atom. The van der Waals surface area contributed by atoms with Gasteiger partial charge in [0, 0.05) is 31.1 Å². The summed E-state index contributed by atoms with van der Waals surface area (Å²) in [5.74, 6) is -0.835. The fourth-order valence-corrected chi connectivity index (χ4v) is 4.51. The smallest absolute Gasteiger partial charge is 0.254 e. The first kappa shape index (κ1) is 18.2. The Hall–Kier alpha value is -2.22. The van der Waals surface area contributed by atoms with E-state index in [1.165, 1.54) is 0 Å². The summed E-state index contributed by atoms with van der Waals surface area (Å²) in [6.07, 6.45) is 0. The molecule has 0 saturated carbocycles. The highest BCUT2D eigenvalue weighted by Crippen LogP contribution is 2.34. The van der Waals surface area contributed by atoms with E-state index in [0.717, 1.165) is 10.4 Å². The van der Waals surface area contributed by atoms with E-state index in [1.54, 1.807) is 11.3 Å². The van der Waals surface area contributed by atoms with Crippen molar-refractivity contribution in [1.29, 1.82) is 0 Å². The highest BCUT2D eigenvalue weighted by molar-refractivity contribution is 7.09. The van der Waals surface area contributed by atoms with Gasteiger partial charge in [0.1, 0.15) is 0 Å². The number of hydrogen-bond donors (Lipinski definition) is 2. The van der Waals surface area contributed by atoms with Gasteiger partial charge >= 0.3 is 0 Å². The van der Waals surface area contributed by atoms with Crippen molar-refractivity contribution in [2.75, 3.05) is 26.2 Å². The van der Waals surface area contributed by atoms with Crippen LogP contribution in [0.2, 0.25) is 0 Å². The molecule has 2 aromatic rings. The molecule has 2 N–H and O–H groups in total. The third-order valence-electron chi connectivity index (χ3n) is 5.18. The highest BCUT2D eigenvalue weighted by atomic mass is 32.1. The van der Waals surface area contributed by atoms with Gasteiger partial charge in [-0.2, -0.15) is 0 Å². The number of carbonyl (C=O) groups is 2. The largest absolute Gasteiger partial charge is 0.361 e. The molecule has 2 aliphatic rings. The van der Waals surface area contributed by atoms with Crippen LogP contribution in [0, 0.1) is 5.92 Å². The molecule has 2 aliphatic heterocycles. The van der Waals surface area contributed by atoms with Crippen molar-refractivity contribution >= 4 is 23.2 Å². The van der Waals surface area contributed by atoms with E-state index in [4.69, 9.17) is 4.74 Å². The minimum Gasteiger partial charge on any atom is -0.361 e. The Kier molecular flexibility index (Phi) is 5.24. The molecule has 1 aromatic heterocycles. The SMILES string of the molecule is O=C(NCc1cccs1)[C@H]1CN(Cc2ccccc2)C[C@@]12OCCNC2=O. The molecule has 2 atom stereocenters. The predicted molar refractivity (Wildman–Crippen MR) is 103 cm³/mol. The third kappa shape index (κ3) is 3.76. The molecule has 2 saturated heterocycles. The van der Waals surface area contributed by atoms with E-state index in [2.05, 4.69) is 27.7 Å². The number of carbonyl (C=O) groups excluding carboxylic acids is 2. The Labute approximate surface area is 162 Å². The fourth-order valence-electron chi connectivity index (χ4n) is 3.87. The van der Waals surface area contributed by atoms with E-state index in [0.29, 0.717) is 39.3 Å². The molecule has 2 amide bonds. The quantitative estimate of drug-likeness (QED) is 0.816. The summed E-state index contributed by atoms with van der Waals surface area (Å²) in [5, 5.41) is 7.86. The maximum Gasteiger partial charge on any atom is 0.254 e. The minimum atomic E-state index is -1.10. The fraction of sp³-hybridized carbons (Fsp3) is 0.400. The number of amides is 2. The van der Waals surface area contributed by atoms with Gasteiger partial charge < -0.3 is 15.4 Å². The Bertz CT molecular complexity index is 796. The molecule has 3 heterocycles. The second-order valence-electron chi connectivity index (χ2n) is 7.00. The van der Waals surface area contributed by atoms with Gasteiger partial charge in [-0.25, -0.2) is 0 Å². The van der Waals surface area contributed by atoms with Crippen LogP contribution in [0.3, 0.4) is 0 Å². The van der Waals surface area contributed by atoms with Gasteiger partial charge in [-0.3, -0.25) is 14.5 Å². The van der Waals surface area contributed by atoms with Crippen molar-refractivity contribution in [3.8, 4) is 0 Å². The molecule has 4 rings (SSSR count). The second-order valence-corrected chi connectivity index (χ2v) is 8.03. The average Bonchev–Trinajstić information content (AvgIpc) is 3.32. The lowest BCUT2D eigenvalue weighted by molar-refractivity contribution is -0.163. The molecular weight excluding hydrogens is 362 g/mol. The standard InChI is InChI=1S/C20H23N3O3S/c24-18(22-11-16-7-4-10-27-16)17-13-23(12-15-5-2-1-3-6-15)14-20(17)19(25)21-8-9-26-20/h1-7,10,17H,8-9,11-14H2,(H,21,25)(H,22,24)/t17-,20-/m1/s1. The number of rotatable bonds is 5. The first-order valence-corrected chi connectivity index (χ1v) is 10.0. The maximum absolute atomic E-state index is 13.0. The Morgan fingerprint density at radius 3 is 2.89 bits per heavy atom. The van der Waals surface area contributed by atoms with Crippen LogP contribution in [0.25, 0.3) is 0 Å². The molecule has 1 spiro atoms. The highest BCUT2D eigenvalue weighted by Gasteiger charge is 2.57. The molecule has 1 aromatic carbocycles. The maximum atomic E-state index is 13.0. The number of ether oxygens (including phenoxy) is 1. The van der Waals surface area contributed by atoms with Crippen molar-refractivity contribution in [2.24, 2.45) is 5.92 Å². The second kappa shape index (κ2) is 7.80. The first-order valence-electron chi connectivity index (χ1n) is 9.16. The van der Waals surface area contributed by atoms with Gasteiger partial charge in [0.2, 0.25) is 5.91 Å². The number of benzene rings is 1. The Balaban J connectivity index is 1.51. The first-order chi connectivity index (χ1) is 13.2. The van der Waals surface area contributed by atoms with Crippen LogP contribution in [-0.2, 0) is 27.4 Å². The predicted octanol–water partition coefficient (Wildman–Crippen LogP) is 1.38. The lowest BCUT2D eigenvalue weighted by Gasteiger charge is -2.36. The number of nitrogens with zero attached hydrogens (tertiary/aromatic N) is 1. The van der Waals surface area contributed by atoms with Gasteiger partial charge in [0.15, 0.2) is 5.60 Å². The molecule has 7 heteroatoms. The van der Waals surface area contributed by atoms with Crippen LogP contribution in [0.15, 0.2) is 47.8 Å². The molecule has 0 bridgehead atoms.